The number of carbonyl (C=O) groups excluding carboxylic acids is 1. The quantitative estimate of drug-likeness (QED) is 0.603. The molecular formula is C25H25ClF2N2O5S. The van der Waals surface area contributed by atoms with E-state index in [1.165, 1.54) is 17.0 Å². The summed E-state index contributed by atoms with van der Waals surface area (Å²) in [6.45, 7) is 0.517. The molecule has 3 aliphatic heterocycles. The number of morpholine rings is 1. The predicted octanol–water partition coefficient (Wildman–Crippen LogP) is 3.54. The highest BCUT2D eigenvalue weighted by atomic mass is 35.5. The van der Waals surface area contributed by atoms with Crippen LogP contribution in [0.2, 0.25) is 5.02 Å². The molecule has 7 nitrogen and oxygen atoms in total. The first-order valence-electron chi connectivity index (χ1n) is 11.9. The van der Waals surface area contributed by atoms with Gasteiger partial charge in [-0.15, -0.1) is 0 Å². The summed E-state index contributed by atoms with van der Waals surface area (Å²) in [6.07, 6.45) is 1.17. The third-order valence-electron chi connectivity index (χ3n) is 7.60. The van der Waals surface area contributed by atoms with Crippen LogP contribution in [0.5, 0.6) is 0 Å². The maximum absolute atomic E-state index is 15.0. The number of amides is 1. The number of hydrogen-bond acceptors (Lipinski definition) is 5. The molecule has 4 aliphatic rings. The van der Waals surface area contributed by atoms with Crippen molar-refractivity contribution in [2.24, 2.45) is 0 Å². The number of aliphatic hydroxyl groups excluding tert-OH is 1. The SMILES string of the molecule is O=C(OC12CC1=S(=O)(c1ccc(Cl)cc1)N1[C@H](c3cc(F)cc(F)c3)COC[C@@H]12)N1CCC[C@H]1CO. The number of ether oxygens (including phenoxy) is 2. The average Bonchev–Trinajstić information content (AvgIpc) is 3.30. The third kappa shape index (κ3) is 3.57. The Bertz CT molecular complexity index is 1330. The van der Waals surface area contributed by atoms with Crippen LogP contribution in [-0.4, -0.2) is 73.5 Å². The number of nitrogens with zero attached hydrogens (tertiary/aromatic N) is 2. The monoisotopic (exact) mass is 538 g/mol. The van der Waals surface area contributed by atoms with Gasteiger partial charge in [-0.3, -0.25) is 0 Å². The second-order valence-corrected chi connectivity index (χ2v) is 12.5. The van der Waals surface area contributed by atoms with Crippen LogP contribution in [0.15, 0.2) is 47.4 Å². The van der Waals surface area contributed by atoms with Crippen LogP contribution in [0.1, 0.15) is 30.9 Å². The van der Waals surface area contributed by atoms with E-state index >= 15 is 0 Å². The van der Waals surface area contributed by atoms with Crippen molar-refractivity contribution in [3.8, 4) is 0 Å². The average molecular weight is 539 g/mol. The highest BCUT2D eigenvalue weighted by Gasteiger charge is 2.72. The molecule has 11 heteroatoms. The van der Waals surface area contributed by atoms with Crippen molar-refractivity contribution in [1.29, 1.82) is 0 Å². The number of rotatable bonds is 4. The van der Waals surface area contributed by atoms with Crippen LogP contribution in [0.4, 0.5) is 13.6 Å². The predicted molar refractivity (Wildman–Crippen MR) is 129 cm³/mol. The van der Waals surface area contributed by atoms with Gasteiger partial charge in [0.2, 0.25) is 0 Å². The molecule has 2 saturated heterocycles. The van der Waals surface area contributed by atoms with Crippen molar-refractivity contribution in [1.82, 2.24) is 9.21 Å². The fourth-order valence-electron chi connectivity index (χ4n) is 5.85. The van der Waals surface area contributed by atoms with E-state index in [-0.39, 0.29) is 25.9 Å². The minimum Gasteiger partial charge on any atom is -0.435 e. The van der Waals surface area contributed by atoms with Crippen LogP contribution >= 0.6 is 11.6 Å². The van der Waals surface area contributed by atoms with E-state index in [0.29, 0.717) is 39.7 Å². The van der Waals surface area contributed by atoms with Gasteiger partial charge >= 0.3 is 6.09 Å². The highest BCUT2D eigenvalue weighted by Crippen LogP contribution is 2.56. The van der Waals surface area contributed by atoms with E-state index in [4.69, 9.17) is 21.1 Å². The Kier molecular flexibility index (Phi) is 5.80. The van der Waals surface area contributed by atoms with Gasteiger partial charge in [-0.25, -0.2) is 22.1 Å². The number of fused-ring (bicyclic) bond motifs is 3. The number of benzene rings is 2. The van der Waals surface area contributed by atoms with E-state index in [1.807, 2.05) is 0 Å². The van der Waals surface area contributed by atoms with E-state index in [1.54, 1.807) is 28.6 Å². The number of aliphatic hydroxyl groups is 1. The van der Waals surface area contributed by atoms with Gasteiger partial charge in [-0.1, -0.05) is 11.6 Å². The third-order valence-corrected chi connectivity index (χ3v) is 11.0. The first-order valence-corrected chi connectivity index (χ1v) is 13.8. The summed E-state index contributed by atoms with van der Waals surface area (Å²) < 4.78 is 57.0. The van der Waals surface area contributed by atoms with Crippen LogP contribution in [0, 0.1) is 11.6 Å². The number of likely N-dealkylation sites (tertiary alicyclic amines) is 1. The van der Waals surface area contributed by atoms with Crippen LogP contribution in [-0.2, 0) is 19.2 Å². The van der Waals surface area contributed by atoms with E-state index < -0.39 is 45.1 Å². The van der Waals surface area contributed by atoms with Gasteiger partial charge in [-0.2, -0.15) is 0 Å². The van der Waals surface area contributed by atoms with Gasteiger partial charge in [0.25, 0.3) is 0 Å². The molecule has 192 valence electrons. The van der Waals surface area contributed by atoms with Crippen molar-refractivity contribution in [3.05, 3.63) is 64.7 Å². The molecule has 1 N–H and O–H groups in total. The number of halogens is 3. The maximum atomic E-state index is 15.0. The first kappa shape index (κ1) is 24.1. The summed E-state index contributed by atoms with van der Waals surface area (Å²) in [5, 5.41) is 10.1. The smallest absolute Gasteiger partial charge is 0.411 e. The largest absolute Gasteiger partial charge is 0.435 e. The molecular weight excluding hydrogens is 514 g/mol. The van der Waals surface area contributed by atoms with Gasteiger partial charge in [0.15, 0.2) is 5.60 Å². The molecule has 0 spiro atoms. The zero-order valence-corrected chi connectivity index (χ0v) is 20.8. The molecule has 1 aliphatic carbocycles. The Labute approximate surface area is 212 Å². The maximum Gasteiger partial charge on any atom is 0.411 e. The Morgan fingerprint density at radius 1 is 1.19 bits per heavy atom. The van der Waals surface area contributed by atoms with Crippen molar-refractivity contribution in [3.63, 3.8) is 0 Å². The summed E-state index contributed by atoms with van der Waals surface area (Å²) in [4.78, 5) is 15.8. The van der Waals surface area contributed by atoms with Gasteiger partial charge in [-0.05, 0) is 54.8 Å². The minimum atomic E-state index is -3.10. The molecule has 1 amide bonds. The molecule has 0 radical (unpaired) electrons. The second kappa shape index (κ2) is 8.66. The van der Waals surface area contributed by atoms with Gasteiger partial charge < -0.3 is 19.5 Å². The zero-order valence-electron chi connectivity index (χ0n) is 19.2. The van der Waals surface area contributed by atoms with Crippen molar-refractivity contribution in [2.75, 3.05) is 26.4 Å². The van der Waals surface area contributed by atoms with Crippen LogP contribution < -0.4 is 0 Å². The van der Waals surface area contributed by atoms with Crippen LogP contribution in [0.25, 0.3) is 0 Å². The number of carbonyl (C=O) groups is 1. The Morgan fingerprint density at radius 2 is 1.92 bits per heavy atom. The summed E-state index contributed by atoms with van der Waals surface area (Å²) in [5.41, 5.74) is -0.858. The number of hydrogen-bond donors (Lipinski definition) is 1. The molecule has 0 bridgehead atoms. The lowest BCUT2D eigenvalue weighted by atomic mass is 10.0. The molecule has 2 unspecified atom stereocenters. The van der Waals surface area contributed by atoms with E-state index in [0.717, 1.165) is 12.5 Å². The molecule has 36 heavy (non-hydrogen) atoms. The second-order valence-electron chi connectivity index (χ2n) is 9.64. The highest BCUT2D eigenvalue weighted by molar-refractivity contribution is 8.01. The van der Waals surface area contributed by atoms with E-state index in [9.17, 15) is 22.9 Å². The molecule has 3 heterocycles. The standard InChI is InChI=1S/C25H25ClF2N2O5S/c26-16-3-5-20(6-4-16)36(33)23-11-25(23,35-24(32)29-7-1-2-19(29)12-31)22-14-34-13-21(30(22)36)15-8-17(27)10-18(28)9-15/h3-6,8-10,19,21-22,31H,1-2,7,11-14H2/t19-,21-,22+,25?,36?/m0/s1. The van der Waals surface area contributed by atoms with E-state index in [2.05, 4.69) is 0 Å². The lowest BCUT2D eigenvalue weighted by molar-refractivity contribution is -0.0601. The topological polar surface area (TPSA) is 79.3 Å². The van der Waals surface area contributed by atoms with Gasteiger partial charge in [0.1, 0.15) is 11.6 Å². The Hall–Kier alpha value is -2.24. The van der Waals surface area contributed by atoms with Crippen molar-refractivity contribution < 1.29 is 32.4 Å². The summed E-state index contributed by atoms with van der Waals surface area (Å²) in [5.74, 6) is -1.49. The first-order chi connectivity index (χ1) is 17.3. The zero-order chi connectivity index (χ0) is 25.2. The fraction of sp³-hybridized carbons (Fsp3) is 0.440. The normalized spacial score (nSPS) is 33.4. The Morgan fingerprint density at radius 3 is 2.61 bits per heavy atom. The minimum absolute atomic E-state index is 0.0694. The summed E-state index contributed by atoms with van der Waals surface area (Å²) in [7, 11) is -3.10. The molecule has 1 saturated carbocycles. The molecule has 2 aromatic rings. The van der Waals surface area contributed by atoms with Gasteiger partial charge in [0.05, 0.1) is 52.5 Å². The van der Waals surface area contributed by atoms with Gasteiger partial charge in [0, 0.05) is 29.0 Å². The fourth-order valence-corrected chi connectivity index (χ4v) is 9.45. The molecule has 2 aromatic carbocycles. The lowest BCUT2D eigenvalue weighted by Gasteiger charge is -2.43. The van der Waals surface area contributed by atoms with Crippen molar-refractivity contribution in [2.45, 2.75) is 47.9 Å². The lowest BCUT2D eigenvalue weighted by Crippen LogP contribution is -2.54. The summed E-state index contributed by atoms with van der Waals surface area (Å²) >= 11 is 6.09. The van der Waals surface area contributed by atoms with Crippen molar-refractivity contribution >= 4 is 32.3 Å². The van der Waals surface area contributed by atoms with Crippen LogP contribution in [0.3, 0.4) is 0 Å². The molecule has 3 fully saturated rings. The molecule has 5 atom stereocenters. The molecule has 6 rings (SSSR count). The Balaban J connectivity index is 1.45. The summed E-state index contributed by atoms with van der Waals surface area (Å²) in [6, 6.07) is 8.17. The molecule has 0 aromatic heterocycles.